The Balaban J connectivity index is 1.55. The molecule has 134 valence electrons. The van der Waals surface area contributed by atoms with E-state index in [1.54, 1.807) is 6.20 Å². The number of aromatic amines is 1. The zero-order valence-electron chi connectivity index (χ0n) is 14.0. The summed E-state index contributed by atoms with van der Waals surface area (Å²) >= 11 is 3.39. The van der Waals surface area contributed by atoms with Gasteiger partial charge < -0.3 is 19.8 Å². The van der Waals surface area contributed by atoms with E-state index >= 15 is 0 Å². The number of ether oxygens (including phenoxy) is 2. The Hall–Kier alpha value is -2.80. The molecule has 1 aromatic heterocycles. The van der Waals surface area contributed by atoms with Crippen LogP contribution in [-0.4, -0.2) is 23.1 Å². The number of carbonyl (C=O) groups excluding carboxylic acids is 2. The van der Waals surface area contributed by atoms with Crippen molar-refractivity contribution in [2.75, 3.05) is 0 Å². The summed E-state index contributed by atoms with van der Waals surface area (Å²) in [7, 11) is 0. The average Bonchev–Trinajstić information content (AvgIpc) is 3.02. The summed E-state index contributed by atoms with van der Waals surface area (Å²) in [5.74, 6) is -0.180. The van der Waals surface area contributed by atoms with Gasteiger partial charge in [-0.2, -0.15) is 0 Å². The lowest BCUT2D eigenvalue weighted by molar-refractivity contribution is -0.136. The van der Waals surface area contributed by atoms with Crippen LogP contribution in [0.4, 0.5) is 4.79 Å². The first-order valence-electron chi connectivity index (χ1n) is 7.98. The molecule has 0 spiro atoms. The maximum absolute atomic E-state index is 12.2. The molecule has 26 heavy (non-hydrogen) atoms. The second-order valence-electron chi connectivity index (χ2n) is 5.69. The molecule has 0 bridgehead atoms. The molecule has 3 rings (SSSR count). The van der Waals surface area contributed by atoms with Crippen LogP contribution in [0, 0.1) is 0 Å². The Morgan fingerprint density at radius 2 is 1.96 bits per heavy atom. The fourth-order valence-electron chi connectivity index (χ4n) is 2.35. The van der Waals surface area contributed by atoms with Crippen molar-refractivity contribution in [2.24, 2.45) is 0 Å². The topological polar surface area (TPSA) is 80.4 Å². The number of nitrogens with one attached hydrogen (secondary N) is 2. The Morgan fingerprint density at radius 1 is 1.19 bits per heavy atom. The summed E-state index contributed by atoms with van der Waals surface area (Å²) in [6, 6.07) is 14.0. The van der Waals surface area contributed by atoms with Gasteiger partial charge in [0.05, 0.1) is 0 Å². The normalized spacial score (nSPS) is 11.8. The number of esters is 1. The fourth-order valence-corrected chi connectivity index (χ4v) is 2.71. The van der Waals surface area contributed by atoms with Gasteiger partial charge in [0.15, 0.2) is 5.75 Å². The molecule has 0 aliphatic rings. The van der Waals surface area contributed by atoms with E-state index in [0.29, 0.717) is 5.75 Å². The first kappa shape index (κ1) is 18.0. The molecular formula is C19H17BrN2O4. The minimum absolute atomic E-state index is 0.130. The molecule has 0 aliphatic heterocycles. The zero-order chi connectivity index (χ0) is 18.5. The van der Waals surface area contributed by atoms with Crippen LogP contribution in [-0.2, 0) is 16.1 Å². The van der Waals surface area contributed by atoms with Gasteiger partial charge in [-0.3, -0.25) is 0 Å². The summed E-state index contributed by atoms with van der Waals surface area (Å²) in [5, 5.41) is 3.24. The molecule has 0 fully saturated rings. The van der Waals surface area contributed by atoms with Gasteiger partial charge in [0.1, 0.15) is 12.6 Å². The fraction of sp³-hybridized carbons (Fsp3) is 0.158. The molecule has 0 radical (unpaired) electrons. The Bertz CT molecular complexity index is 924. The van der Waals surface area contributed by atoms with Crippen molar-refractivity contribution in [1.29, 1.82) is 0 Å². The second kappa shape index (κ2) is 8.05. The van der Waals surface area contributed by atoms with Crippen molar-refractivity contribution in [3.63, 3.8) is 0 Å². The number of fused-ring (bicyclic) bond motifs is 1. The van der Waals surface area contributed by atoms with Gasteiger partial charge in [-0.1, -0.05) is 46.3 Å². The molecule has 7 heteroatoms. The monoisotopic (exact) mass is 416 g/mol. The molecule has 0 saturated heterocycles. The van der Waals surface area contributed by atoms with E-state index in [1.807, 2.05) is 48.5 Å². The first-order valence-corrected chi connectivity index (χ1v) is 8.78. The lowest BCUT2D eigenvalue weighted by Crippen LogP contribution is -2.41. The number of hydrogen-bond donors (Lipinski definition) is 2. The smallest absolute Gasteiger partial charge is 0.408 e. The average molecular weight is 417 g/mol. The molecular weight excluding hydrogens is 400 g/mol. The molecule has 1 amide bonds. The van der Waals surface area contributed by atoms with E-state index in [4.69, 9.17) is 9.47 Å². The third kappa shape index (κ3) is 4.43. The number of benzene rings is 2. The van der Waals surface area contributed by atoms with Crippen molar-refractivity contribution in [3.05, 3.63) is 64.8 Å². The van der Waals surface area contributed by atoms with Gasteiger partial charge in [0.2, 0.25) is 0 Å². The zero-order valence-corrected chi connectivity index (χ0v) is 15.6. The largest absolute Gasteiger partial charge is 0.445 e. The number of hydrogen-bond acceptors (Lipinski definition) is 4. The van der Waals surface area contributed by atoms with E-state index in [1.165, 1.54) is 6.92 Å². The van der Waals surface area contributed by atoms with Crippen LogP contribution in [0.5, 0.6) is 5.75 Å². The SMILES string of the molecule is C[C@H](NC(=O)OCc1ccccc1)C(=O)Oc1c[nH]c2ccc(Br)cc12. The molecule has 2 aromatic carbocycles. The highest BCUT2D eigenvalue weighted by atomic mass is 79.9. The van der Waals surface area contributed by atoms with E-state index in [-0.39, 0.29) is 6.61 Å². The van der Waals surface area contributed by atoms with E-state index in [0.717, 1.165) is 20.9 Å². The standard InChI is InChI=1S/C19H17BrN2O4/c1-12(22-19(24)25-11-13-5-3-2-4-6-13)18(23)26-17-10-21-16-8-7-14(20)9-15(16)17/h2-10,12,21H,11H2,1H3,(H,22,24)/t12-/m0/s1. The maximum atomic E-state index is 12.2. The maximum Gasteiger partial charge on any atom is 0.408 e. The van der Waals surface area contributed by atoms with Crippen LogP contribution >= 0.6 is 15.9 Å². The van der Waals surface area contributed by atoms with E-state index < -0.39 is 18.1 Å². The summed E-state index contributed by atoms with van der Waals surface area (Å²) in [5.41, 5.74) is 1.71. The van der Waals surface area contributed by atoms with Crippen LogP contribution in [0.25, 0.3) is 10.9 Å². The molecule has 0 unspecified atom stereocenters. The number of halogens is 1. The minimum atomic E-state index is -0.852. The molecule has 6 nitrogen and oxygen atoms in total. The summed E-state index contributed by atoms with van der Waals surface area (Å²) < 4.78 is 11.4. The van der Waals surface area contributed by atoms with Crippen molar-refractivity contribution in [2.45, 2.75) is 19.6 Å². The number of carbonyl (C=O) groups is 2. The van der Waals surface area contributed by atoms with Crippen molar-refractivity contribution in [1.82, 2.24) is 10.3 Å². The van der Waals surface area contributed by atoms with Crippen molar-refractivity contribution < 1.29 is 19.1 Å². The van der Waals surface area contributed by atoms with Gasteiger partial charge in [-0.15, -0.1) is 0 Å². The first-order chi connectivity index (χ1) is 12.5. The molecule has 1 heterocycles. The van der Waals surface area contributed by atoms with Crippen LogP contribution in [0.15, 0.2) is 59.2 Å². The second-order valence-corrected chi connectivity index (χ2v) is 6.61. The quantitative estimate of drug-likeness (QED) is 0.612. The van der Waals surface area contributed by atoms with Crippen LogP contribution in [0.3, 0.4) is 0 Å². The molecule has 1 atom stereocenters. The molecule has 0 saturated carbocycles. The molecule has 3 aromatic rings. The van der Waals surface area contributed by atoms with Crippen LogP contribution in [0.1, 0.15) is 12.5 Å². The predicted molar refractivity (Wildman–Crippen MR) is 101 cm³/mol. The highest BCUT2D eigenvalue weighted by molar-refractivity contribution is 9.10. The highest BCUT2D eigenvalue weighted by Gasteiger charge is 2.20. The van der Waals surface area contributed by atoms with Crippen molar-refractivity contribution in [3.8, 4) is 5.75 Å². The van der Waals surface area contributed by atoms with Gasteiger partial charge >= 0.3 is 12.1 Å². The number of aromatic nitrogens is 1. The number of rotatable bonds is 5. The summed E-state index contributed by atoms with van der Waals surface area (Å²) in [6.07, 6.45) is 0.926. The van der Waals surface area contributed by atoms with Gasteiger partial charge in [0, 0.05) is 21.6 Å². The Labute approximate surface area is 158 Å². The summed E-state index contributed by atoms with van der Waals surface area (Å²) in [6.45, 7) is 1.67. The van der Waals surface area contributed by atoms with Crippen LogP contribution in [0.2, 0.25) is 0 Å². The Morgan fingerprint density at radius 3 is 2.73 bits per heavy atom. The number of alkyl carbamates (subject to hydrolysis) is 1. The molecule has 2 N–H and O–H groups in total. The number of H-pyrrole nitrogens is 1. The van der Waals surface area contributed by atoms with Gasteiger partial charge in [-0.05, 0) is 30.7 Å². The van der Waals surface area contributed by atoms with Crippen LogP contribution < -0.4 is 10.1 Å². The Kier molecular flexibility index (Phi) is 5.58. The van der Waals surface area contributed by atoms with Gasteiger partial charge in [-0.25, -0.2) is 9.59 Å². The lowest BCUT2D eigenvalue weighted by Gasteiger charge is -2.13. The van der Waals surface area contributed by atoms with E-state index in [2.05, 4.69) is 26.2 Å². The minimum Gasteiger partial charge on any atom is -0.445 e. The highest BCUT2D eigenvalue weighted by Crippen LogP contribution is 2.28. The third-order valence-electron chi connectivity index (χ3n) is 3.72. The lowest BCUT2D eigenvalue weighted by atomic mass is 10.2. The predicted octanol–water partition coefficient (Wildman–Crippen LogP) is 4.15. The molecule has 0 aliphatic carbocycles. The third-order valence-corrected chi connectivity index (χ3v) is 4.21. The van der Waals surface area contributed by atoms with Crippen molar-refractivity contribution >= 4 is 38.9 Å². The van der Waals surface area contributed by atoms with E-state index in [9.17, 15) is 9.59 Å². The van der Waals surface area contributed by atoms with Gasteiger partial charge in [0.25, 0.3) is 0 Å². The number of amides is 1. The summed E-state index contributed by atoms with van der Waals surface area (Å²) in [4.78, 5) is 27.1.